The fourth-order valence-corrected chi connectivity index (χ4v) is 4.58. The van der Waals surface area contributed by atoms with Gasteiger partial charge in [-0.2, -0.15) is 15.8 Å². The molecule has 0 bridgehead atoms. The molecule has 0 saturated heterocycles. The van der Waals surface area contributed by atoms with Gasteiger partial charge in [-0.1, -0.05) is 35.9 Å². The van der Waals surface area contributed by atoms with Gasteiger partial charge in [-0.3, -0.25) is 4.90 Å². The molecule has 1 unspecified atom stereocenters. The van der Waals surface area contributed by atoms with Crippen molar-refractivity contribution in [3.05, 3.63) is 46.5 Å². The second kappa shape index (κ2) is 7.16. The lowest BCUT2D eigenvalue weighted by atomic mass is 9.54. The molecule has 0 aromatic heterocycles. The fraction of sp³-hybridized carbons (Fsp3) is 0.429. The first-order chi connectivity index (χ1) is 12.9. The Bertz CT molecular complexity index is 913. The molecule has 2 aliphatic rings. The first kappa shape index (κ1) is 19.1. The van der Waals surface area contributed by atoms with E-state index >= 15 is 0 Å². The molecule has 1 heterocycles. The first-order valence-electron chi connectivity index (χ1n) is 8.90. The summed E-state index contributed by atoms with van der Waals surface area (Å²) in [6.45, 7) is 5.50. The average Bonchev–Trinajstić information content (AvgIpc) is 2.67. The van der Waals surface area contributed by atoms with Crippen molar-refractivity contribution in [1.82, 2.24) is 4.90 Å². The monoisotopic (exact) mass is 377 g/mol. The number of nitrogens with zero attached hydrogens (tertiary/aromatic N) is 4. The zero-order chi connectivity index (χ0) is 19.8. The van der Waals surface area contributed by atoms with Crippen molar-refractivity contribution in [1.29, 1.82) is 21.2 Å². The van der Waals surface area contributed by atoms with Gasteiger partial charge in [0.2, 0.25) is 0 Å². The van der Waals surface area contributed by atoms with E-state index in [-0.39, 0.29) is 17.7 Å². The van der Waals surface area contributed by atoms with Crippen LogP contribution in [0.3, 0.4) is 0 Å². The smallest absolute Gasteiger partial charge is 0.189 e. The summed E-state index contributed by atoms with van der Waals surface area (Å²) in [6, 6.07) is 13.8. The quantitative estimate of drug-likeness (QED) is 0.790. The van der Waals surface area contributed by atoms with Crippen LogP contribution in [-0.4, -0.2) is 29.7 Å². The Kier molecular flexibility index (Phi) is 5.07. The van der Waals surface area contributed by atoms with Gasteiger partial charge in [0.1, 0.15) is 5.92 Å². The number of nitriles is 3. The highest BCUT2D eigenvalue weighted by atomic mass is 35.5. The number of hydrogen-bond acceptors (Lipinski definition) is 5. The molecule has 1 aromatic rings. The van der Waals surface area contributed by atoms with Crippen LogP contribution in [0.5, 0.6) is 0 Å². The number of halogens is 1. The number of hydrogen-bond donors (Lipinski definition) is 1. The third kappa shape index (κ3) is 2.83. The lowest BCUT2D eigenvalue weighted by Crippen LogP contribution is -2.53. The fourth-order valence-electron chi connectivity index (χ4n) is 4.32. The second-order valence-corrected chi connectivity index (χ2v) is 7.77. The normalized spacial score (nSPS) is 27.1. The van der Waals surface area contributed by atoms with E-state index in [0.29, 0.717) is 23.7 Å². The van der Waals surface area contributed by atoms with E-state index in [0.717, 1.165) is 5.57 Å². The van der Waals surface area contributed by atoms with Crippen molar-refractivity contribution in [3.63, 3.8) is 0 Å². The molecule has 1 aliphatic carbocycles. The Labute approximate surface area is 164 Å². The minimum Gasteiger partial charge on any atom is -0.305 e. The lowest BCUT2D eigenvalue weighted by Gasteiger charge is -2.48. The van der Waals surface area contributed by atoms with Crippen LogP contribution in [0.2, 0.25) is 5.02 Å². The summed E-state index contributed by atoms with van der Waals surface area (Å²) >= 11 is 6.46. The first-order valence-corrected chi connectivity index (χ1v) is 9.28. The summed E-state index contributed by atoms with van der Waals surface area (Å²) in [5.74, 6) is -1.66. The Morgan fingerprint density at radius 2 is 1.89 bits per heavy atom. The minimum atomic E-state index is -1.71. The molecule has 1 aromatic carbocycles. The van der Waals surface area contributed by atoms with Crippen LogP contribution in [0.15, 0.2) is 35.9 Å². The lowest BCUT2D eigenvalue weighted by molar-refractivity contribution is 0.171. The Hall–Kier alpha value is -2.65. The van der Waals surface area contributed by atoms with Gasteiger partial charge < -0.3 is 5.41 Å². The van der Waals surface area contributed by atoms with E-state index in [9.17, 15) is 15.8 Å². The van der Waals surface area contributed by atoms with Crippen LogP contribution >= 0.6 is 11.6 Å². The maximum atomic E-state index is 10.0. The summed E-state index contributed by atoms with van der Waals surface area (Å²) in [6.07, 6.45) is 2.00. The molecule has 1 saturated carbocycles. The number of fused-ring (bicyclic) bond motifs is 1. The maximum absolute atomic E-state index is 10.0. The van der Waals surface area contributed by atoms with Gasteiger partial charge >= 0.3 is 0 Å². The van der Waals surface area contributed by atoms with Crippen LogP contribution < -0.4 is 0 Å². The molecule has 1 fully saturated rings. The van der Waals surface area contributed by atoms with Crippen molar-refractivity contribution in [2.75, 3.05) is 13.1 Å². The molecule has 3 rings (SSSR count). The molecular formula is C21H20ClN5. The third-order valence-corrected chi connectivity index (χ3v) is 6.13. The SMILES string of the molecule is CC(C)N1CC=C2C(C#N)C(=N)C(C#N)(C#N)[C@H](c3ccccc3Cl)[C@@H]2C1. The maximum Gasteiger partial charge on any atom is 0.189 e. The molecule has 0 amide bonds. The Balaban J connectivity index is 2.27. The van der Waals surface area contributed by atoms with Crippen LogP contribution in [0.25, 0.3) is 0 Å². The van der Waals surface area contributed by atoms with E-state index in [1.165, 1.54) is 0 Å². The molecule has 5 nitrogen and oxygen atoms in total. The summed E-state index contributed by atoms with van der Waals surface area (Å²) < 4.78 is 0. The molecule has 3 atom stereocenters. The van der Waals surface area contributed by atoms with Crippen molar-refractivity contribution >= 4 is 17.3 Å². The van der Waals surface area contributed by atoms with Crippen LogP contribution in [0.4, 0.5) is 0 Å². The topological polar surface area (TPSA) is 98.5 Å². The van der Waals surface area contributed by atoms with Crippen molar-refractivity contribution in [2.45, 2.75) is 25.8 Å². The minimum absolute atomic E-state index is 0.139. The standard InChI is InChI=1S/C21H20ClN5/c1-13(2)27-8-7-14-16(9-23)20(26)21(11-24,12-25)19(17(14)10-27)15-5-3-4-6-18(15)22/h3-7,13,16-17,19,26H,8,10H2,1-2H3/t16?,17-,19-/m1/s1. The molecule has 27 heavy (non-hydrogen) atoms. The van der Waals surface area contributed by atoms with Crippen molar-refractivity contribution in [3.8, 4) is 18.2 Å². The highest BCUT2D eigenvalue weighted by Gasteiger charge is 2.58. The third-order valence-electron chi connectivity index (χ3n) is 5.79. The largest absolute Gasteiger partial charge is 0.305 e. The van der Waals surface area contributed by atoms with Gasteiger partial charge in [0.15, 0.2) is 5.41 Å². The van der Waals surface area contributed by atoms with E-state index in [1.54, 1.807) is 12.1 Å². The molecule has 0 radical (unpaired) electrons. The van der Waals surface area contributed by atoms with E-state index in [1.807, 2.05) is 18.2 Å². The number of nitrogens with one attached hydrogen (secondary N) is 1. The van der Waals surface area contributed by atoms with Crippen molar-refractivity contribution in [2.24, 2.45) is 17.3 Å². The average molecular weight is 378 g/mol. The van der Waals surface area contributed by atoms with Gasteiger partial charge in [-0.25, -0.2) is 0 Å². The summed E-state index contributed by atoms with van der Waals surface area (Å²) in [7, 11) is 0. The highest BCUT2D eigenvalue weighted by Crippen LogP contribution is 2.54. The zero-order valence-corrected chi connectivity index (χ0v) is 16.0. The molecular weight excluding hydrogens is 358 g/mol. The zero-order valence-electron chi connectivity index (χ0n) is 15.3. The van der Waals surface area contributed by atoms with Crippen LogP contribution in [0.1, 0.15) is 25.3 Å². The van der Waals surface area contributed by atoms with E-state index in [2.05, 4.69) is 37.0 Å². The molecule has 1 aliphatic heterocycles. The van der Waals surface area contributed by atoms with Crippen molar-refractivity contribution < 1.29 is 0 Å². The Morgan fingerprint density at radius 3 is 2.44 bits per heavy atom. The molecule has 1 N–H and O–H groups in total. The van der Waals surface area contributed by atoms with Gasteiger partial charge in [-0.05, 0) is 31.1 Å². The molecule has 136 valence electrons. The Morgan fingerprint density at radius 1 is 1.22 bits per heavy atom. The summed E-state index contributed by atoms with van der Waals surface area (Å²) in [5, 5.41) is 38.8. The second-order valence-electron chi connectivity index (χ2n) is 7.36. The molecule has 6 heteroatoms. The van der Waals surface area contributed by atoms with Crippen LogP contribution in [0, 0.1) is 56.7 Å². The summed E-state index contributed by atoms with van der Waals surface area (Å²) in [4.78, 5) is 2.25. The molecule has 0 spiro atoms. The van der Waals surface area contributed by atoms with Gasteiger partial charge in [0.05, 0.1) is 23.9 Å². The summed E-state index contributed by atoms with van der Waals surface area (Å²) in [5.41, 5.74) is -0.330. The predicted molar refractivity (Wildman–Crippen MR) is 103 cm³/mol. The van der Waals surface area contributed by atoms with E-state index in [4.69, 9.17) is 17.0 Å². The van der Waals surface area contributed by atoms with Gasteiger partial charge in [0.25, 0.3) is 0 Å². The number of rotatable bonds is 2. The predicted octanol–water partition coefficient (Wildman–Crippen LogP) is 3.90. The van der Waals surface area contributed by atoms with Gasteiger partial charge in [0, 0.05) is 36.0 Å². The highest BCUT2D eigenvalue weighted by molar-refractivity contribution is 6.31. The van der Waals surface area contributed by atoms with E-state index < -0.39 is 17.3 Å². The van der Waals surface area contributed by atoms with Gasteiger partial charge in [-0.15, -0.1) is 0 Å². The number of benzene rings is 1. The van der Waals surface area contributed by atoms with Crippen LogP contribution in [-0.2, 0) is 0 Å².